The van der Waals surface area contributed by atoms with E-state index in [2.05, 4.69) is 26.9 Å². The molecule has 1 saturated heterocycles. The second kappa shape index (κ2) is 13.3. The highest BCUT2D eigenvalue weighted by Gasteiger charge is 2.62. The summed E-state index contributed by atoms with van der Waals surface area (Å²) in [5, 5.41) is 62.7. The van der Waals surface area contributed by atoms with Gasteiger partial charge in [0.2, 0.25) is 17.8 Å². The molecule has 3 aromatic heterocycles. The summed E-state index contributed by atoms with van der Waals surface area (Å²) < 4.78 is 21.3. The highest BCUT2D eigenvalue weighted by Crippen LogP contribution is 2.62. The number of nitrogens with two attached hydrogens (primary N) is 1. The number of aliphatic hydroxyl groups excluding tert-OH is 5. The SMILES string of the molecule is Cn1c(/C=C2C=C(/C=C/C3C4Cn5ccnc5N=C4CC4[C@]3(C)CC[C@@H](OC3OC(CO)C(O)C(O)C3O)[C@@]4(C)CO)C(=O)O\2)nc2c(O)nc(N)nc21. The van der Waals surface area contributed by atoms with Gasteiger partial charge in [-0.25, -0.2) is 19.8 Å². The van der Waals surface area contributed by atoms with E-state index in [1.165, 1.54) is 0 Å². The van der Waals surface area contributed by atoms with Crippen LogP contribution in [0.3, 0.4) is 0 Å². The van der Waals surface area contributed by atoms with Crippen molar-refractivity contribution in [2.75, 3.05) is 18.9 Å². The molecule has 8 unspecified atom stereocenters. The van der Waals surface area contributed by atoms with Crippen LogP contribution in [0.5, 0.6) is 5.88 Å². The smallest absolute Gasteiger partial charge is 0.343 e. The molecule has 288 valence electrons. The molecule has 3 fully saturated rings. The first-order valence-corrected chi connectivity index (χ1v) is 17.9. The van der Waals surface area contributed by atoms with E-state index in [1.807, 2.05) is 23.8 Å². The fourth-order valence-electron chi connectivity index (χ4n) is 9.33. The summed E-state index contributed by atoms with van der Waals surface area (Å²) in [7, 11) is 1.69. The molecule has 5 aliphatic rings. The number of aryl methyl sites for hydroxylation is 1. The van der Waals surface area contributed by atoms with Gasteiger partial charge in [0.15, 0.2) is 17.5 Å². The van der Waals surface area contributed by atoms with Crippen molar-refractivity contribution in [1.82, 2.24) is 29.1 Å². The zero-order valence-electron chi connectivity index (χ0n) is 29.9. The summed E-state index contributed by atoms with van der Waals surface area (Å²) >= 11 is 0. The molecule has 0 radical (unpaired) electrons. The van der Waals surface area contributed by atoms with E-state index < -0.39 is 60.2 Å². The molecule has 2 aliphatic carbocycles. The number of aromatic hydroxyl groups is 1. The topological polar surface area (TPSA) is 266 Å². The van der Waals surface area contributed by atoms with Crippen molar-refractivity contribution in [3.05, 3.63) is 47.8 Å². The molecule has 0 amide bonds. The Labute approximate surface area is 309 Å². The van der Waals surface area contributed by atoms with Crippen LogP contribution < -0.4 is 5.73 Å². The molecule has 3 aromatic rings. The number of hydrogen-bond acceptors (Lipinski definition) is 16. The van der Waals surface area contributed by atoms with Gasteiger partial charge in [-0.2, -0.15) is 9.97 Å². The first-order chi connectivity index (χ1) is 25.7. The molecule has 0 bridgehead atoms. The number of esters is 1. The summed E-state index contributed by atoms with van der Waals surface area (Å²) in [5.41, 5.74) is 6.07. The summed E-state index contributed by atoms with van der Waals surface area (Å²) in [6, 6.07) is 0. The number of nitrogens with zero attached hydrogens (tertiary/aromatic N) is 7. The van der Waals surface area contributed by atoms with Crippen LogP contribution in [-0.2, 0) is 32.6 Å². The number of aliphatic hydroxyl groups is 5. The Morgan fingerprint density at radius 3 is 2.69 bits per heavy atom. The predicted molar refractivity (Wildman–Crippen MR) is 189 cm³/mol. The van der Waals surface area contributed by atoms with E-state index in [0.29, 0.717) is 48.8 Å². The number of imidazole rings is 2. The molecule has 54 heavy (non-hydrogen) atoms. The number of nitrogen functional groups attached to an aromatic ring is 1. The van der Waals surface area contributed by atoms with Crippen LogP contribution in [0.4, 0.5) is 11.9 Å². The molecule has 8 rings (SSSR count). The van der Waals surface area contributed by atoms with Crippen molar-refractivity contribution in [2.24, 2.45) is 40.6 Å². The van der Waals surface area contributed by atoms with E-state index in [4.69, 9.17) is 24.9 Å². The highest BCUT2D eigenvalue weighted by atomic mass is 16.7. The van der Waals surface area contributed by atoms with Crippen LogP contribution in [0.1, 0.15) is 38.9 Å². The van der Waals surface area contributed by atoms with Gasteiger partial charge in [0.25, 0.3) is 0 Å². The number of fused-ring (bicyclic) bond motifs is 4. The Morgan fingerprint density at radius 2 is 1.93 bits per heavy atom. The quantitative estimate of drug-likeness (QED) is 0.126. The molecule has 18 nitrogen and oxygen atoms in total. The van der Waals surface area contributed by atoms with Gasteiger partial charge in [-0.05, 0) is 42.6 Å². The largest absolute Gasteiger partial charge is 0.492 e. The van der Waals surface area contributed by atoms with Crippen LogP contribution in [0.15, 0.2) is 46.9 Å². The fraction of sp³-hybridized carbons (Fsp3) is 0.556. The molecule has 11 atom stereocenters. The molecular formula is C36H44N8O10. The molecule has 6 heterocycles. The van der Waals surface area contributed by atoms with Crippen molar-refractivity contribution in [3.63, 3.8) is 0 Å². The summed E-state index contributed by atoms with van der Waals surface area (Å²) in [6.45, 7) is 3.88. The third-order valence-electron chi connectivity index (χ3n) is 12.4. The van der Waals surface area contributed by atoms with Gasteiger partial charge < -0.3 is 59.7 Å². The molecule has 3 aliphatic heterocycles. The van der Waals surface area contributed by atoms with Crippen molar-refractivity contribution < 1.29 is 49.6 Å². The Bertz CT molecular complexity index is 2110. The fourth-order valence-corrected chi connectivity index (χ4v) is 9.33. The Morgan fingerprint density at radius 1 is 1.13 bits per heavy atom. The average molecular weight is 749 g/mol. The standard InChI is InChI=1S/C36H44N8O10/c1-35-7-6-23(54-32-28(49)27(48)26(47)21(14-45)53-32)36(2,15-46)22(35)12-20-18(13-44-9-8-38-34(44)39-20)19(35)5-4-16-10-17(52-31(16)51)11-24-40-25-29(43(24)3)41-33(37)42-30(25)50/h4-5,8-11,18-19,21-23,26-28,32,45-49H,6-7,12-15H2,1-3H3,(H3,37,41,42,50)/b5-4+,17-11+/t18?,19?,21?,22?,23-,26?,27?,28?,32?,35-,36+/m1/s1. The number of carbonyl (C=O) groups is 1. The lowest BCUT2D eigenvalue weighted by atomic mass is 9.45. The zero-order valence-corrected chi connectivity index (χ0v) is 29.9. The lowest BCUT2D eigenvalue weighted by Crippen LogP contribution is -2.64. The van der Waals surface area contributed by atoms with Gasteiger partial charge in [0.05, 0.1) is 24.9 Å². The second-order valence-electron chi connectivity index (χ2n) is 15.4. The number of aliphatic imine (C=N–C) groups is 1. The molecule has 2 saturated carbocycles. The van der Waals surface area contributed by atoms with Gasteiger partial charge in [0, 0.05) is 49.1 Å². The lowest BCUT2D eigenvalue weighted by Gasteiger charge is -2.62. The van der Waals surface area contributed by atoms with E-state index >= 15 is 0 Å². The van der Waals surface area contributed by atoms with E-state index in [0.717, 1.165) is 5.71 Å². The number of aromatic nitrogens is 6. The number of anilines is 1. The van der Waals surface area contributed by atoms with E-state index in [-0.39, 0.29) is 47.5 Å². The minimum Gasteiger partial charge on any atom is -0.492 e. The number of carbonyl (C=O) groups excluding carboxylic acids is 1. The van der Waals surface area contributed by atoms with Gasteiger partial charge >= 0.3 is 5.97 Å². The minimum absolute atomic E-state index is 0.0516. The Hall–Kier alpha value is -4.56. The second-order valence-corrected chi connectivity index (χ2v) is 15.4. The number of ether oxygens (including phenoxy) is 3. The normalized spacial score (nSPS) is 37.2. The van der Waals surface area contributed by atoms with Crippen LogP contribution in [0.25, 0.3) is 17.2 Å². The van der Waals surface area contributed by atoms with Gasteiger partial charge in [-0.1, -0.05) is 26.0 Å². The summed E-state index contributed by atoms with van der Waals surface area (Å²) in [5.74, 6) is -0.260. The van der Waals surface area contributed by atoms with Crippen LogP contribution in [0.2, 0.25) is 0 Å². The average Bonchev–Trinajstić information content (AvgIpc) is 3.84. The number of cyclic esters (lactones) is 1. The first-order valence-electron chi connectivity index (χ1n) is 17.9. The molecule has 0 aromatic carbocycles. The maximum Gasteiger partial charge on any atom is 0.343 e. The molecule has 0 spiro atoms. The number of allylic oxidation sites excluding steroid dienone is 2. The lowest BCUT2D eigenvalue weighted by molar-refractivity contribution is -0.329. The molecule has 18 heteroatoms. The summed E-state index contributed by atoms with van der Waals surface area (Å²) in [4.78, 5) is 34.9. The van der Waals surface area contributed by atoms with Gasteiger partial charge in [0.1, 0.15) is 36.0 Å². The predicted octanol–water partition coefficient (Wildman–Crippen LogP) is 0.250. The zero-order chi connectivity index (χ0) is 38.3. The molecular weight excluding hydrogens is 704 g/mol. The third kappa shape index (κ3) is 5.75. The monoisotopic (exact) mass is 748 g/mol. The Balaban J connectivity index is 1.12. The van der Waals surface area contributed by atoms with E-state index in [1.54, 1.807) is 36.0 Å². The van der Waals surface area contributed by atoms with Crippen molar-refractivity contribution in [1.29, 1.82) is 0 Å². The van der Waals surface area contributed by atoms with Crippen LogP contribution >= 0.6 is 0 Å². The Kier molecular flexibility index (Phi) is 8.99. The van der Waals surface area contributed by atoms with Gasteiger partial charge in [-0.15, -0.1) is 0 Å². The molecule has 8 N–H and O–H groups in total. The maximum absolute atomic E-state index is 13.2. The first kappa shape index (κ1) is 36.4. The van der Waals surface area contributed by atoms with Gasteiger partial charge in [-0.3, -0.25) is 0 Å². The highest BCUT2D eigenvalue weighted by molar-refractivity contribution is 5.97. The van der Waals surface area contributed by atoms with Crippen LogP contribution in [0, 0.1) is 28.6 Å². The van der Waals surface area contributed by atoms with E-state index in [9.17, 15) is 35.4 Å². The van der Waals surface area contributed by atoms with Crippen molar-refractivity contribution in [3.8, 4) is 5.88 Å². The van der Waals surface area contributed by atoms with Crippen molar-refractivity contribution >= 4 is 40.8 Å². The number of hydrogen-bond donors (Lipinski definition) is 7. The maximum atomic E-state index is 13.2. The summed E-state index contributed by atoms with van der Waals surface area (Å²) in [6.07, 6.45) is 4.37. The number of rotatable bonds is 7. The van der Waals surface area contributed by atoms with Crippen molar-refractivity contribution in [2.45, 2.75) is 76.5 Å². The van der Waals surface area contributed by atoms with Crippen LogP contribution in [-0.4, -0.2) is 121 Å². The third-order valence-corrected chi connectivity index (χ3v) is 12.4. The minimum atomic E-state index is -1.60.